The zero-order chi connectivity index (χ0) is 16.8. The highest BCUT2D eigenvalue weighted by Gasteiger charge is 2.35. The molecule has 1 aliphatic heterocycles. The highest BCUT2D eigenvalue weighted by molar-refractivity contribution is 5.96. The average Bonchev–Trinajstić information content (AvgIpc) is 3.09. The van der Waals surface area contributed by atoms with Crippen molar-refractivity contribution >= 4 is 11.7 Å². The largest absolute Gasteiger partial charge is 0.368 e. The van der Waals surface area contributed by atoms with E-state index in [2.05, 4.69) is 5.32 Å². The molecular formula is C20H21NO3. The van der Waals surface area contributed by atoms with E-state index in [9.17, 15) is 9.59 Å². The van der Waals surface area contributed by atoms with Gasteiger partial charge in [-0.1, -0.05) is 60.7 Å². The number of hydrogen-bond acceptors (Lipinski definition) is 3. The monoisotopic (exact) mass is 323 g/mol. The molecule has 1 amide bonds. The fourth-order valence-corrected chi connectivity index (χ4v) is 3.00. The van der Waals surface area contributed by atoms with Crippen molar-refractivity contribution in [2.75, 3.05) is 6.61 Å². The van der Waals surface area contributed by atoms with Crippen LogP contribution in [0.1, 0.15) is 28.8 Å². The van der Waals surface area contributed by atoms with Gasteiger partial charge in [-0.05, 0) is 12.0 Å². The van der Waals surface area contributed by atoms with E-state index >= 15 is 0 Å². The number of rotatable bonds is 6. The van der Waals surface area contributed by atoms with Gasteiger partial charge in [0.05, 0.1) is 0 Å². The van der Waals surface area contributed by atoms with Crippen LogP contribution in [0.25, 0.3) is 0 Å². The third-order valence-corrected chi connectivity index (χ3v) is 4.33. The lowest BCUT2D eigenvalue weighted by Crippen LogP contribution is -2.38. The summed E-state index contributed by atoms with van der Waals surface area (Å²) in [5.41, 5.74) is 1.73. The molecule has 0 saturated carbocycles. The predicted octanol–water partition coefficient (Wildman–Crippen LogP) is 2.98. The van der Waals surface area contributed by atoms with Crippen LogP contribution in [0.15, 0.2) is 60.7 Å². The minimum absolute atomic E-state index is 0.0616. The lowest BCUT2D eigenvalue weighted by atomic mass is 9.92. The molecule has 1 N–H and O–H groups in total. The fourth-order valence-electron chi connectivity index (χ4n) is 3.00. The Bertz CT molecular complexity index is 685. The van der Waals surface area contributed by atoms with Crippen LogP contribution < -0.4 is 5.32 Å². The van der Waals surface area contributed by atoms with E-state index < -0.39 is 6.10 Å². The van der Waals surface area contributed by atoms with Crippen molar-refractivity contribution in [3.63, 3.8) is 0 Å². The standard InChI is InChI=1S/C20H21NO3/c22-18(16-9-5-2-6-10-16)13-17-11-12-24-19(17)20(23)21-14-15-7-3-1-4-8-15/h1-10,17,19H,11-14H2,(H,21,23)/t17-,19-/m1/s1. The summed E-state index contributed by atoms with van der Waals surface area (Å²) in [5.74, 6) is -0.136. The summed E-state index contributed by atoms with van der Waals surface area (Å²) in [6, 6.07) is 18.9. The molecule has 0 aromatic heterocycles. The first-order chi connectivity index (χ1) is 11.7. The summed E-state index contributed by atoms with van der Waals surface area (Å²) in [5, 5.41) is 2.91. The number of amides is 1. The van der Waals surface area contributed by atoms with Crippen LogP contribution in [0.2, 0.25) is 0 Å². The van der Waals surface area contributed by atoms with Gasteiger partial charge >= 0.3 is 0 Å². The summed E-state index contributed by atoms with van der Waals surface area (Å²) < 4.78 is 5.59. The van der Waals surface area contributed by atoms with Crippen LogP contribution in [0.5, 0.6) is 0 Å². The molecule has 1 aliphatic rings. The molecule has 2 aromatic carbocycles. The third-order valence-electron chi connectivity index (χ3n) is 4.33. The first-order valence-corrected chi connectivity index (χ1v) is 8.25. The van der Waals surface area contributed by atoms with Crippen molar-refractivity contribution in [3.8, 4) is 0 Å². The van der Waals surface area contributed by atoms with Crippen LogP contribution in [0, 0.1) is 5.92 Å². The molecule has 0 radical (unpaired) electrons. The number of Topliss-reactive ketones (excluding diaryl/α,β-unsaturated/α-hetero) is 1. The van der Waals surface area contributed by atoms with Gasteiger partial charge in [0.2, 0.25) is 5.91 Å². The Hall–Kier alpha value is -2.46. The predicted molar refractivity (Wildman–Crippen MR) is 91.5 cm³/mol. The average molecular weight is 323 g/mol. The Balaban J connectivity index is 1.56. The highest BCUT2D eigenvalue weighted by Crippen LogP contribution is 2.26. The van der Waals surface area contributed by atoms with Crippen molar-refractivity contribution in [2.45, 2.75) is 25.5 Å². The van der Waals surface area contributed by atoms with Crippen molar-refractivity contribution in [2.24, 2.45) is 5.92 Å². The lowest BCUT2D eigenvalue weighted by Gasteiger charge is -2.17. The Morgan fingerprint density at radius 1 is 1.00 bits per heavy atom. The molecule has 2 aromatic rings. The lowest BCUT2D eigenvalue weighted by molar-refractivity contribution is -0.131. The van der Waals surface area contributed by atoms with E-state index in [0.29, 0.717) is 25.1 Å². The van der Waals surface area contributed by atoms with Crippen LogP contribution in [0.3, 0.4) is 0 Å². The Morgan fingerprint density at radius 2 is 1.67 bits per heavy atom. The Labute approximate surface area is 141 Å². The van der Waals surface area contributed by atoms with Gasteiger partial charge in [-0.25, -0.2) is 0 Å². The van der Waals surface area contributed by atoms with E-state index in [4.69, 9.17) is 4.74 Å². The molecule has 2 atom stereocenters. The van der Waals surface area contributed by atoms with Crippen molar-refractivity contribution in [3.05, 3.63) is 71.8 Å². The number of carbonyl (C=O) groups excluding carboxylic acids is 2. The molecule has 0 spiro atoms. The molecular weight excluding hydrogens is 302 g/mol. The minimum Gasteiger partial charge on any atom is -0.368 e. The number of hydrogen-bond donors (Lipinski definition) is 1. The molecule has 1 fully saturated rings. The minimum atomic E-state index is -0.540. The van der Waals surface area contributed by atoms with Gasteiger partial charge in [-0.15, -0.1) is 0 Å². The van der Waals surface area contributed by atoms with E-state index in [1.807, 2.05) is 60.7 Å². The number of nitrogens with one attached hydrogen (secondary N) is 1. The van der Waals surface area contributed by atoms with Crippen LogP contribution in [-0.2, 0) is 16.1 Å². The van der Waals surface area contributed by atoms with E-state index in [-0.39, 0.29) is 17.6 Å². The molecule has 4 nitrogen and oxygen atoms in total. The van der Waals surface area contributed by atoms with Crippen molar-refractivity contribution in [1.29, 1.82) is 0 Å². The molecule has 0 bridgehead atoms. The van der Waals surface area contributed by atoms with Crippen LogP contribution in [-0.4, -0.2) is 24.4 Å². The van der Waals surface area contributed by atoms with Gasteiger partial charge in [0.25, 0.3) is 0 Å². The second-order valence-electron chi connectivity index (χ2n) is 6.04. The third kappa shape index (κ3) is 4.09. The summed E-state index contributed by atoms with van der Waals surface area (Å²) in [6.07, 6.45) is 0.538. The second kappa shape index (κ2) is 7.88. The maximum atomic E-state index is 12.4. The van der Waals surface area contributed by atoms with Crippen molar-refractivity contribution in [1.82, 2.24) is 5.32 Å². The van der Waals surface area contributed by atoms with Gasteiger partial charge in [-0.3, -0.25) is 9.59 Å². The molecule has 3 rings (SSSR count). The fraction of sp³-hybridized carbons (Fsp3) is 0.300. The summed E-state index contributed by atoms with van der Waals surface area (Å²) in [7, 11) is 0. The molecule has 0 unspecified atom stereocenters. The van der Waals surface area contributed by atoms with E-state index in [1.54, 1.807) is 0 Å². The van der Waals surface area contributed by atoms with Crippen molar-refractivity contribution < 1.29 is 14.3 Å². The number of ether oxygens (including phenoxy) is 1. The number of ketones is 1. The zero-order valence-electron chi connectivity index (χ0n) is 13.5. The summed E-state index contributed by atoms with van der Waals surface area (Å²) >= 11 is 0. The van der Waals surface area contributed by atoms with Crippen LogP contribution >= 0.6 is 0 Å². The molecule has 0 aliphatic carbocycles. The summed E-state index contributed by atoms with van der Waals surface area (Å²) in [4.78, 5) is 24.8. The second-order valence-corrected chi connectivity index (χ2v) is 6.04. The molecule has 4 heteroatoms. The quantitative estimate of drug-likeness (QED) is 0.832. The topological polar surface area (TPSA) is 55.4 Å². The molecule has 24 heavy (non-hydrogen) atoms. The van der Waals surface area contributed by atoms with E-state index in [0.717, 1.165) is 12.0 Å². The van der Waals surface area contributed by atoms with Gasteiger partial charge in [-0.2, -0.15) is 0 Å². The SMILES string of the molecule is O=C(C[C@H]1CCO[C@H]1C(=O)NCc1ccccc1)c1ccccc1. The number of carbonyl (C=O) groups is 2. The van der Waals surface area contributed by atoms with Gasteiger partial charge in [0, 0.05) is 31.1 Å². The van der Waals surface area contributed by atoms with Gasteiger partial charge in [0.15, 0.2) is 5.78 Å². The first-order valence-electron chi connectivity index (χ1n) is 8.25. The van der Waals surface area contributed by atoms with Gasteiger partial charge in [0.1, 0.15) is 6.10 Å². The molecule has 124 valence electrons. The maximum Gasteiger partial charge on any atom is 0.249 e. The molecule has 1 saturated heterocycles. The zero-order valence-corrected chi connectivity index (χ0v) is 13.5. The van der Waals surface area contributed by atoms with Gasteiger partial charge < -0.3 is 10.1 Å². The smallest absolute Gasteiger partial charge is 0.249 e. The maximum absolute atomic E-state index is 12.4. The Morgan fingerprint density at radius 3 is 2.38 bits per heavy atom. The first kappa shape index (κ1) is 16.4. The summed E-state index contributed by atoms with van der Waals surface area (Å²) in [6.45, 7) is 0.995. The number of benzene rings is 2. The normalized spacial score (nSPS) is 19.8. The molecule has 1 heterocycles. The Kier molecular flexibility index (Phi) is 5.39. The van der Waals surface area contributed by atoms with E-state index in [1.165, 1.54) is 0 Å². The van der Waals surface area contributed by atoms with Crippen LogP contribution in [0.4, 0.5) is 0 Å². The highest BCUT2D eigenvalue weighted by atomic mass is 16.5.